The zero-order valence-corrected chi connectivity index (χ0v) is 7.95. The Morgan fingerprint density at radius 1 is 1.77 bits per heavy atom. The Hall–Kier alpha value is -0.810. The van der Waals surface area contributed by atoms with Crippen LogP contribution in [0, 0.1) is 5.92 Å². The van der Waals surface area contributed by atoms with Gasteiger partial charge in [-0.25, -0.2) is 10.6 Å². The number of hydrogen-bond donors (Lipinski definition) is 2. The normalized spacial score (nSPS) is 22.5. The minimum atomic E-state index is -0.245. The average molecular weight is 187 g/mol. The van der Waals surface area contributed by atoms with E-state index in [-0.39, 0.29) is 6.03 Å². The molecular weight excluding hydrogens is 170 g/mol. The van der Waals surface area contributed by atoms with Crippen molar-refractivity contribution in [2.45, 2.75) is 12.8 Å². The van der Waals surface area contributed by atoms with E-state index in [4.69, 9.17) is 10.6 Å². The largest absolute Gasteiger partial charge is 0.381 e. The Labute approximate surface area is 78.2 Å². The summed E-state index contributed by atoms with van der Waals surface area (Å²) in [6.07, 6.45) is 2.21. The number of nitrogens with one attached hydrogen (secondary N) is 1. The van der Waals surface area contributed by atoms with E-state index in [1.54, 1.807) is 11.9 Å². The summed E-state index contributed by atoms with van der Waals surface area (Å²) in [4.78, 5) is 12.6. The molecule has 0 aromatic rings. The second-order valence-corrected chi connectivity index (χ2v) is 3.41. The molecule has 3 N–H and O–H groups in total. The predicted molar refractivity (Wildman–Crippen MR) is 48.9 cm³/mol. The molecule has 0 bridgehead atoms. The Balaban J connectivity index is 2.25. The fourth-order valence-electron chi connectivity index (χ4n) is 1.53. The molecule has 2 amide bonds. The summed E-state index contributed by atoms with van der Waals surface area (Å²) in [5, 5.41) is 0. The van der Waals surface area contributed by atoms with Gasteiger partial charge in [0.25, 0.3) is 0 Å². The number of ether oxygens (including phenoxy) is 1. The van der Waals surface area contributed by atoms with Gasteiger partial charge in [-0.3, -0.25) is 5.43 Å². The van der Waals surface area contributed by atoms with E-state index in [0.29, 0.717) is 12.5 Å². The number of urea groups is 1. The molecule has 0 aromatic carbocycles. The maximum atomic E-state index is 11.0. The maximum Gasteiger partial charge on any atom is 0.331 e. The molecule has 1 aliphatic rings. The van der Waals surface area contributed by atoms with Crippen molar-refractivity contribution in [1.29, 1.82) is 0 Å². The highest BCUT2D eigenvalue weighted by Crippen LogP contribution is 2.14. The molecular formula is C8H17N3O2. The number of carbonyl (C=O) groups is 1. The van der Waals surface area contributed by atoms with Crippen LogP contribution < -0.4 is 11.3 Å². The summed E-state index contributed by atoms with van der Waals surface area (Å²) in [5.41, 5.74) is 2.10. The number of carbonyl (C=O) groups excluding carboxylic acids is 1. The number of amides is 2. The monoisotopic (exact) mass is 187 g/mol. The summed E-state index contributed by atoms with van der Waals surface area (Å²) in [6.45, 7) is 2.31. The zero-order valence-electron chi connectivity index (χ0n) is 7.95. The molecule has 76 valence electrons. The summed E-state index contributed by atoms with van der Waals surface area (Å²) in [7, 11) is 1.73. The van der Waals surface area contributed by atoms with Crippen LogP contribution in [-0.2, 0) is 4.74 Å². The third-order valence-electron chi connectivity index (χ3n) is 2.26. The van der Waals surface area contributed by atoms with Gasteiger partial charge in [0.15, 0.2) is 0 Å². The molecule has 0 aliphatic carbocycles. The lowest BCUT2D eigenvalue weighted by molar-refractivity contribution is 0.0457. The highest BCUT2D eigenvalue weighted by Gasteiger charge is 2.17. The van der Waals surface area contributed by atoms with Crippen LogP contribution in [0.25, 0.3) is 0 Å². The van der Waals surface area contributed by atoms with Gasteiger partial charge in [-0.15, -0.1) is 0 Å². The highest BCUT2D eigenvalue weighted by atomic mass is 16.5. The smallest absolute Gasteiger partial charge is 0.331 e. The van der Waals surface area contributed by atoms with Gasteiger partial charge < -0.3 is 9.64 Å². The molecule has 0 saturated carbocycles. The first-order valence-corrected chi connectivity index (χ1v) is 4.53. The standard InChI is InChI=1S/C8H17N3O2/c1-11(8(12)10-9)5-7-3-2-4-13-6-7/h7H,2-6,9H2,1H3,(H,10,12). The second kappa shape index (κ2) is 5.04. The number of hydrazine groups is 1. The molecule has 1 heterocycles. The van der Waals surface area contributed by atoms with Crippen molar-refractivity contribution in [2.24, 2.45) is 11.8 Å². The Morgan fingerprint density at radius 3 is 3.08 bits per heavy atom. The third-order valence-corrected chi connectivity index (χ3v) is 2.26. The Bertz CT molecular complexity index is 169. The van der Waals surface area contributed by atoms with E-state index in [0.717, 1.165) is 26.1 Å². The second-order valence-electron chi connectivity index (χ2n) is 3.41. The van der Waals surface area contributed by atoms with Crippen molar-refractivity contribution < 1.29 is 9.53 Å². The van der Waals surface area contributed by atoms with Crippen LogP contribution in [0.2, 0.25) is 0 Å². The van der Waals surface area contributed by atoms with Crippen molar-refractivity contribution in [1.82, 2.24) is 10.3 Å². The van der Waals surface area contributed by atoms with Gasteiger partial charge in [0.2, 0.25) is 0 Å². The fraction of sp³-hybridized carbons (Fsp3) is 0.875. The summed E-state index contributed by atoms with van der Waals surface area (Å²) in [5.74, 6) is 5.46. The molecule has 1 saturated heterocycles. The lowest BCUT2D eigenvalue weighted by Crippen LogP contribution is -2.44. The minimum Gasteiger partial charge on any atom is -0.381 e. The van der Waals surface area contributed by atoms with E-state index >= 15 is 0 Å². The molecule has 1 unspecified atom stereocenters. The summed E-state index contributed by atoms with van der Waals surface area (Å²) >= 11 is 0. The van der Waals surface area contributed by atoms with Gasteiger partial charge in [0, 0.05) is 26.1 Å². The minimum absolute atomic E-state index is 0.245. The first-order valence-electron chi connectivity index (χ1n) is 4.53. The fourth-order valence-corrected chi connectivity index (χ4v) is 1.53. The van der Waals surface area contributed by atoms with Crippen LogP contribution in [0.15, 0.2) is 0 Å². The molecule has 1 aliphatic heterocycles. The lowest BCUT2D eigenvalue weighted by Gasteiger charge is -2.26. The van der Waals surface area contributed by atoms with E-state index < -0.39 is 0 Å². The van der Waals surface area contributed by atoms with E-state index in [2.05, 4.69) is 5.43 Å². The number of rotatable bonds is 2. The van der Waals surface area contributed by atoms with Gasteiger partial charge in [0.1, 0.15) is 0 Å². The Morgan fingerprint density at radius 2 is 2.54 bits per heavy atom. The van der Waals surface area contributed by atoms with Gasteiger partial charge in [0.05, 0.1) is 6.61 Å². The third kappa shape index (κ3) is 3.20. The number of hydrogen-bond acceptors (Lipinski definition) is 3. The highest BCUT2D eigenvalue weighted by molar-refractivity contribution is 5.73. The van der Waals surface area contributed by atoms with Crippen molar-refractivity contribution in [3.8, 4) is 0 Å². The summed E-state index contributed by atoms with van der Waals surface area (Å²) < 4.78 is 5.31. The van der Waals surface area contributed by atoms with Crippen molar-refractivity contribution in [3.63, 3.8) is 0 Å². The van der Waals surface area contributed by atoms with Crippen molar-refractivity contribution in [2.75, 3.05) is 26.8 Å². The maximum absolute atomic E-state index is 11.0. The predicted octanol–water partition coefficient (Wildman–Crippen LogP) is -0.0719. The van der Waals surface area contributed by atoms with Crippen LogP contribution in [0.4, 0.5) is 4.79 Å². The first-order chi connectivity index (χ1) is 6.24. The molecule has 1 atom stereocenters. The first kappa shape index (κ1) is 10.3. The molecule has 5 heteroatoms. The average Bonchev–Trinajstić information content (AvgIpc) is 2.18. The van der Waals surface area contributed by atoms with Crippen LogP contribution in [0.5, 0.6) is 0 Å². The molecule has 5 nitrogen and oxygen atoms in total. The number of nitrogens with two attached hydrogens (primary N) is 1. The van der Waals surface area contributed by atoms with E-state index in [9.17, 15) is 4.79 Å². The zero-order chi connectivity index (χ0) is 9.68. The molecule has 0 radical (unpaired) electrons. The van der Waals surface area contributed by atoms with Crippen LogP contribution in [0.3, 0.4) is 0 Å². The van der Waals surface area contributed by atoms with E-state index in [1.165, 1.54) is 0 Å². The summed E-state index contributed by atoms with van der Waals surface area (Å²) in [6, 6.07) is -0.245. The number of nitrogens with zero attached hydrogens (tertiary/aromatic N) is 1. The Kier molecular flexibility index (Phi) is 3.98. The SMILES string of the molecule is CN(CC1CCCOC1)C(=O)NN. The van der Waals surface area contributed by atoms with Gasteiger partial charge >= 0.3 is 6.03 Å². The topological polar surface area (TPSA) is 67.6 Å². The van der Waals surface area contributed by atoms with E-state index in [1.807, 2.05) is 0 Å². The molecule has 1 rings (SSSR count). The van der Waals surface area contributed by atoms with Crippen LogP contribution in [0.1, 0.15) is 12.8 Å². The van der Waals surface area contributed by atoms with Gasteiger partial charge in [-0.2, -0.15) is 0 Å². The van der Waals surface area contributed by atoms with Crippen LogP contribution in [-0.4, -0.2) is 37.7 Å². The van der Waals surface area contributed by atoms with Crippen molar-refractivity contribution in [3.05, 3.63) is 0 Å². The van der Waals surface area contributed by atoms with Gasteiger partial charge in [-0.05, 0) is 12.8 Å². The molecule has 13 heavy (non-hydrogen) atoms. The van der Waals surface area contributed by atoms with Crippen molar-refractivity contribution >= 4 is 6.03 Å². The molecule has 0 spiro atoms. The molecule has 0 aromatic heterocycles. The van der Waals surface area contributed by atoms with Gasteiger partial charge in [-0.1, -0.05) is 0 Å². The lowest BCUT2D eigenvalue weighted by atomic mass is 10.0. The molecule has 1 fully saturated rings. The quantitative estimate of drug-likeness (QED) is 0.361. The van der Waals surface area contributed by atoms with Crippen LogP contribution >= 0.6 is 0 Å².